The van der Waals surface area contributed by atoms with E-state index in [1.807, 2.05) is 0 Å². The molecule has 1 N–H and O–H groups in total. The smallest absolute Gasteiger partial charge is 0.255 e. The highest BCUT2D eigenvalue weighted by Crippen LogP contribution is 2.17. The molecule has 0 spiro atoms. The Kier molecular flexibility index (Phi) is 4.74. The van der Waals surface area contributed by atoms with Crippen molar-refractivity contribution in [3.05, 3.63) is 59.4 Å². The Labute approximate surface area is 124 Å². The Bertz CT molecular complexity index is 631. The van der Waals surface area contributed by atoms with Crippen molar-refractivity contribution in [3.63, 3.8) is 0 Å². The molecule has 2 aromatic rings. The molecule has 2 aromatic carbocycles. The molecule has 0 aliphatic carbocycles. The van der Waals surface area contributed by atoms with Crippen molar-refractivity contribution in [1.29, 1.82) is 0 Å². The molecule has 0 fully saturated rings. The van der Waals surface area contributed by atoms with E-state index in [-0.39, 0.29) is 11.7 Å². The molecule has 0 aromatic heterocycles. The largest absolute Gasteiger partial charge is 0.482 e. The minimum atomic E-state index is -0.348. The van der Waals surface area contributed by atoms with Crippen LogP contribution < -0.4 is 10.1 Å². The van der Waals surface area contributed by atoms with Crippen molar-refractivity contribution in [2.75, 3.05) is 10.8 Å². The first-order valence-electron chi connectivity index (χ1n) is 5.96. The van der Waals surface area contributed by atoms with Gasteiger partial charge >= 0.3 is 0 Å². The van der Waals surface area contributed by atoms with Crippen LogP contribution in [-0.4, -0.2) is 11.4 Å². The van der Waals surface area contributed by atoms with Crippen LogP contribution in [0.4, 0.5) is 10.1 Å². The topological polar surface area (TPSA) is 38.3 Å². The van der Waals surface area contributed by atoms with Crippen molar-refractivity contribution >= 4 is 27.5 Å². The lowest BCUT2D eigenvalue weighted by Gasteiger charge is -2.08. The fraction of sp³-hybridized carbons (Fsp3) is 0.133. The third-order valence-corrected chi connectivity index (χ3v) is 2.98. The molecule has 0 saturated heterocycles. The van der Waals surface area contributed by atoms with Crippen molar-refractivity contribution in [1.82, 2.24) is 0 Å². The number of anilines is 1. The molecule has 2 rings (SSSR count). The summed E-state index contributed by atoms with van der Waals surface area (Å²) in [5, 5.41) is 2.65. The van der Waals surface area contributed by atoms with Crippen molar-refractivity contribution in [2.24, 2.45) is 0 Å². The Morgan fingerprint density at radius 2 is 2.10 bits per heavy atom. The van der Waals surface area contributed by atoms with Crippen LogP contribution in [0.1, 0.15) is 15.9 Å². The average Bonchev–Trinajstić information content (AvgIpc) is 2.43. The van der Waals surface area contributed by atoms with Gasteiger partial charge in [-0.25, -0.2) is 4.39 Å². The first kappa shape index (κ1) is 14.5. The van der Waals surface area contributed by atoms with E-state index in [1.54, 1.807) is 43.3 Å². The Morgan fingerprint density at radius 3 is 2.80 bits per heavy atom. The number of alkyl halides is 1. The van der Waals surface area contributed by atoms with Gasteiger partial charge in [-0.05, 0) is 58.7 Å². The second-order valence-electron chi connectivity index (χ2n) is 4.20. The second kappa shape index (κ2) is 6.52. The summed E-state index contributed by atoms with van der Waals surface area (Å²) in [6.45, 7) is 1.67. The van der Waals surface area contributed by atoms with E-state index in [0.29, 0.717) is 28.1 Å². The molecule has 0 unspecified atom stereocenters. The first-order valence-corrected chi connectivity index (χ1v) is 7.08. The van der Waals surface area contributed by atoms with Gasteiger partial charge in [0.05, 0.1) is 0 Å². The van der Waals surface area contributed by atoms with E-state index in [9.17, 15) is 9.18 Å². The minimum absolute atomic E-state index is 0.312. The van der Waals surface area contributed by atoms with Gasteiger partial charge in [-0.1, -0.05) is 12.1 Å². The van der Waals surface area contributed by atoms with E-state index >= 15 is 0 Å². The molecule has 0 radical (unpaired) electrons. The fourth-order valence-electron chi connectivity index (χ4n) is 1.66. The van der Waals surface area contributed by atoms with Crippen LogP contribution >= 0.6 is 15.9 Å². The molecule has 0 saturated carbocycles. The summed E-state index contributed by atoms with van der Waals surface area (Å²) in [6, 6.07) is 11.4. The summed E-state index contributed by atoms with van der Waals surface area (Å²) in [6.07, 6.45) is 0. The third-order valence-electron chi connectivity index (χ3n) is 2.75. The molecule has 20 heavy (non-hydrogen) atoms. The van der Waals surface area contributed by atoms with E-state index in [0.717, 1.165) is 0 Å². The van der Waals surface area contributed by atoms with Gasteiger partial charge in [0.1, 0.15) is 17.1 Å². The van der Waals surface area contributed by atoms with Crippen molar-refractivity contribution in [3.8, 4) is 5.75 Å². The third kappa shape index (κ3) is 3.57. The predicted octanol–water partition coefficient (Wildman–Crippen LogP) is 4.12. The van der Waals surface area contributed by atoms with Crippen LogP contribution in [0, 0.1) is 12.7 Å². The van der Waals surface area contributed by atoms with Crippen LogP contribution in [0.15, 0.2) is 42.5 Å². The SMILES string of the molecule is Cc1ccc(NC(=O)c2cccc(OCBr)c2)cc1F. The number of ether oxygens (including phenoxy) is 1. The monoisotopic (exact) mass is 337 g/mol. The summed E-state index contributed by atoms with van der Waals surface area (Å²) in [4.78, 5) is 12.1. The van der Waals surface area contributed by atoms with Gasteiger partial charge in [0, 0.05) is 11.3 Å². The number of carbonyl (C=O) groups excluding carboxylic acids is 1. The summed E-state index contributed by atoms with van der Waals surface area (Å²) in [5.74, 6) is -0.0722. The predicted molar refractivity (Wildman–Crippen MR) is 80.0 cm³/mol. The molecule has 0 heterocycles. The molecule has 1 amide bonds. The molecule has 0 atom stereocenters. The normalized spacial score (nSPS) is 10.2. The molecule has 5 heteroatoms. The molecule has 0 bridgehead atoms. The number of hydrogen-bond donors (Lipinski definition) is 1. The second-order valence-corrected chi connectivity index (χ2v) is 4.66. The lowest BCUT2D eigenvalue weighted by molar-refractivity contribution is 0.102. The highest BCUT2D eigenvalue weighted by atomic mass is 79.9. The van der Waals surface area contributed by atoms with Gasteiger partial charge in [-0.2, -0.15) is 0 Å². The standard InChI is InChI=1S/C15H13BrFNO2/c1-10-5-6-12(8-14(10)17)18-15(19)11-3-2-4-13(7-11)20-9-16/h2-8H,9H2,1H3,(H,18,19). The lowest BCUT2D eigenvalue weighted by atomic mass is 10.2. The van der Waals surface area contributed by atoms with Gasteiger partial charge in [-0.15, -0.1) is 0 Å². The number of nitrogens with one attached hydrogen (secondary N) is 1. The van der Waals surface area contributed by atoms with Gasteiger partial charge in [0.2, 0.25) is 0 Å². The van der Waals surface area contributed by atoms with Gasteiger partial charge < -0.3 is 10.1 Å². The van der Waals surface area contributed by atoms with E-state index in [1.165, 1.54) is 6.07 Å². The maximum Gasteiger partial charge on any atom is 0.255 e. The summed E-state index contributed by atoms with van der Waals surface area (Å²) >= 11 is 3.15. The number of halogens is 2. The van der Waals surface area contributed by atoms with Crippen LogP contribution in [0.25, 0.3) is 0 Å². The van der Waals surface area contributed by atoms with Crippen molar-refractivity contribution in [2.45, 2.75) is 6.92 Å². The Hall–Kier alpha value is -1.88. The molecule has 3 nitrogen and oxygen atoms in total. The van der Waals surface area contributed by atoms with Crippen molar-refractivity contribution < 1.29 is 13.9 Å². The van der Waals surface area contributed by atoms with Crippen LogP contribution in [0.2, 0.25) is 0 Å². The highest BCUT2D eigenvalue weighted by Gasteiger charge is 2.08. The summed E-state index contributed by atoms with van der Waals surface area (Å²) in [7, 11) is 0. The zero-order valence-electron chi connectivity index (χ0n) is 10.8. The molecule has 0 aliphatic heterocycles. The average molecular weight is 338 g/mol. The fourth-order valence-corrected chi connectivity index (χ4v) is 1.93. The maximum atomic E-state index is 13.4. The molecule has 104 valence electrons. The summed E-state index contributed by atoms with van der Waals surface area (Å²) in [5.41, 5.74) is 1.76. The molecular formula is C15H13BrFNO2. The minimum Gasteiger partial charge on any atom is -0.482 e. The quantitative estimate of drug-likeness (QED) is 0.852. The number of amides is 1. The number of carbonyl (C=O) groups is 1. The zero-order valence-corrected chi connectivity index (χ0v) is 12.4. The highest BCUT2D eigenvalue weighted by molar-refractivity contribution is 9.09. The van der Waals surface area contributed by atoms with E-state index in [4.69, 9.17) is 4.74 Å². The van der Waals surface area contributed by atoms with Gasteiger partial charge in [0.15, 0.2) is 0 Å². The van der Waals surface area contributed by atoms with Crippen LogP contribution in [-0.2, 0) is 0 Å². The van der Waals surface area contributed by atoms with E-state index in [2.05, 4.69) is 21.2 Å². The van der Waals surface area contributed by atoms with Gasteiger partial charge in [0.25, 0.3) is 5.91 Å². The number of benzene rings is 2. The van der Waals surface area contributed by atoms with Gasteiger partial charge in [-0.3, -0.25) is 4.79 Å². The maximum absolute atomic E-state index is 13.4. The number of aryl methyl sites for hydroxylation is 1. The Balaban J connectivity index is 2.15. The molecular weight excluding hydrogens is 325 g/mol. The molecule has 0 aliphatic rings. The lowest BCUT2D eigenvalue weighted by Crippen LogP contribution is -2.12. The number of rotatable bonds is 4. The van der Waals surface area contributed by atoms with Crippen LogP contribution in [0.5, 0.6) is 5.75 Å². The first-order chi connectivity index (χ1) is 9.60. The number of hydrogen-bond acceptors (Lipinski definition) is 2. The Morgan fingerprint density at radius 1 is 1.30 bits per heavy atom. The van der Waals surface area contributed by atoms with Crippen LogP contribution in [0.3, 0.4) is 0 Å². The van der Waals surface area contributed by atoms with E-state index < -0.39 is 0 Å². The summed E-state index contributed by atoms with van der Waals surface area (Å²) < 4.78 is 18.7. The zero-order chi connectivity index (χ0) is 14.5.